The predicted octanol–water partition coefficient (Wildman–Crippen LogP) is 2.30. The number of hydrogen-bond donors (Lipinski definition) is 2. The van der Waals surface area contributed by atoms with Crippen LogP contribution in [0.4, 0.5) is 0 Å². The van der Waals surface area contributed by atoms with E-state index in [1.807, 2.05) is 0 Å². The van der Waals surface area contributed by atoms with Gasteiger partial charge in [0.15, 0.2) is 0 Å². The van der Waals surface area contributed by atoms with Gasteiger partial charge in [0.05, 0.1) is 0 Å². The lowest BCUT2D eigenvalue weighted by Crippen LogP contribution is -2.39. The third-order valence-corrected chi connectivity index (χ3v) is 3.31. The summed E-state index contributed by atoms with van der Waals surface area (Å²) in [4.78, 5) is 0. The van der Waals surface area contributed by atoms with Crippen molar-refractivity contribution in [3.05, 3.63) is 0 Å². The SMILES string of the molecule is CCC(CC)NC(C)CC1CCCN1. The van der Waals surface area contributed by atoms with E-state index >= 15 is 0 Å². The first-order valence-electron chi connectivity index (χ1n) is 6.25. The van der Waals surface area contributed by atoms with Gasteiger partial charge in [-0.1, -0.05) is 13.8 Å². The molecule has 2 atom stereocenters. The van der Waals surface area contributed by atoms with Crippen LogP contribution in [0.15, 0.2) is 0 Å². The average Bonchev–Trinajstić information content (AvgIpc) is 2.66. The van der Waals surface area contributed by atoms with Crippen LogP contribution in [0.3, 0.4) is 0 Å². The van der Waals surface area contributed by atoms with E-state index in [4.69, 9.17) is 0 Å². The molecule has 1 aliphatic heterocycles. The van der Waals surface area contributed by atoms with E-state index in [-0.39, 0.29) is 0 Å². The molecule has 2 heteroatoms. The Balaban J connectivity index is 2.16. The highest BCUT2D eigenvalue weighted by molar-refractivity contribution is 4.80. The Labute approximate surface area is 88.8 Å². The summed E-state index contributed by atoms with van der Waals surface area (Å²) in [5.41, 5.74) is 0. The van der Waals surface area contributed by atoms with Crippen molar-refractivity contribution in [2.24, 2.45) is 0 Å². The topological polar surface area (TPSA) is 24.1 Å². The Bertz CT molecular complexity index is 133. The molecule has 0 bridgehead atoms. The van der Waals surface area contributed by atoms with Crippen molar-refractivity contribution in [3.8, 4) is 0 Å². The second-order valence-electron chi connectivity index (χ2n) is 4.61. The molecule has 0 aromatic heterocycles. The van der Waals surface area contributed by atoms with Crippen LogP contribution < -0.4 is 10.6 Å². The molecule has 1 rings (SSSR count). The highest BCUT2D eigenvalue weighted by atomic mass is 15.0. The highest BCUT2D eigenvalue weighted by Crippen LogP contribution is 2.11. The maximum atomic E-state index is 3.70. The molecule has 0 aromatic carbocycles. The van der Waals surface area contributed by atoms with Gasteiger partial charge in [0, 0.05) is 18.1 Å². The van der Waals surface area contributed by atoms with Gasteiger partial charge in [0.1, 0.15) is 0 Å². The summed E-state index contributed by atoms with van der Waals surface area (Å²) in [5, 5.41) is 7.26. The van der Waals surface area contributed by atoms with Crippen LogP contribution in [0.1, 0.15) is 52.9 Å². The van der Waals surface area contributed by atoms with Crippen molar-refractivity contribution in [1.29, 1.82) is 0 Å². The molecule has 2 N–H and O–H groups in total. The molecule has 0 spiro atoms. The second-order valence-corrected chi connectivity index (χ2v) is 4.61. The zero-order chi connectivity index (χ0) is 10.4. The molecule has 0 amide bonds. The normalized spacial score (nSPS) is 24.4. The van der Waals surface area contributed by atoms with E-state index in [1.54, 1.807) is 0 Å². The first kappa shape index (κ1) is 12.0. The molecule has 0 saturated carbocycles. The number of rotatable bonds is 6. The molecule has 0 aliphatic carbocycles. The molecule has 1 heterocycles. The average molecular weight is 198 g/mol. The first-order chi connectivity index (χ1) is 6.76. The Morgan fingerprint density at radius 3 is 2.57 bits per heavy atom. The zero-order valence-corrected chi connectivity index (χ0v) is 9.97. The lowest BCUT2D eigenvalue weighted by molar-refractivity contribution is 0.378. The fourth-order valence-electron chi connectivity index (χ4n) is 2.38. The van der Waals surface area contributed by atoms with Gasteiger partial charge >= 0.3 is 0 Å². The van der Waals surface area contributed by atoms with Gasteiger partial charge in [0.2, 0.25) is 0 Å². The Morgan fingerprint density at radius 1 is 1.36 bits per heavy atom. The largest absolute Gasteiger partial charge is 0.314 e. The lowest BCUT2D eigenvalue weighted by Gasteiger charge is -2.23. The van der Waals surface area contributed by atoms with Crippen molar-refractivity contribution in [3.63, 3.8) is 0 Å². The smallest absolute Gasteiger partial charge is 0.00822 e. The van der Waals surface area contributed by atoms with E-state index in [0.717, 1.165) is 6.04 Å². The van der Waals surface area contributed by atoms with E-state index in [9.17, 15) is 0 Å². The fourth-order valence-corrected chi connectivity index (χ4v) is 2.38. The quantitative estimate of drug-likeness (QED) is 0.684. The molecule has 1 saturated heterocycles. The van der Waals surface area contributed by atoms with Crippen LogP contribution in [0, 0.1) is 0 Å². The van der Waals surface area contributed by atoms with Crippen molar-refractivity contribution >= 4 is 0 Å². The van der Waals surface area contributed by atoms with Crippen molar-refractivity contribution < 1.29 is 0 Å². The van der Waals surface area contributed by atoms with Gasteiger partial charge in [-0.05, 0) is 45.6 Å². The van der Waals surface area contributed by atoms with Crippen LogP contribution in [-0.4, -0.2) is 24.7 Å². The van der Waals surface area contributed by atoms with Gasteiger partial charge < -0.3 is 10.6 Å². The Morgan fingerprint density at radius 2 is 2.07 bits per heavy atom. The highest BCUT2D eigenvalue weighted by Gasteiger charge is 2.17. The van der Waals surface area contributed by atoms with E-state index in [1.165, 1.54) is 38.6 Å². The molecule has 2 nitrogen and oxygen atoms in total. The molecule has 14 heavy (non-hydrogen) atoms. The summed E-state index contributed by atoms with van der Waals surface area (Å²) in [6, 6.07) is 2.15. The van der Waals surface area contributed by atoms with E-state index in [2.05, 4.69) is 31.4 Å². The fraction of sp³-hybridized carbons (Fsp3) is 1.00. The lowest BCUT2D eigenvalue weighted by atomic mass is 10.0. The monoisotopic (exact) mass is 198 g/mol. The third-order valence-electron chi connectivity index (χ3n) is 3.31. The van der Waals surface area contributed by atoms with E-state index < -0.39 is 0 Å². The van der Waals surface area contributed by atoms with Crippen molar-refractivity contribution in [2.45, 2.75) is 71.0 Å². The molecule has 1 aliphatic rings. The van der Waals surface area contributed by atoms with E-state index in [0.29, 0.717) is 12.1 Å². The maximum Gasteiger partial charge on any atom is 0.00822 e. The predicted molar refractivity (Wildman–Crippen MR) is 62.6 cm³/mol. The first-order valence-corrected chi connectivity index (χ1v) is 6.25. The Kier molecular flexibility index (Phi) is 5.49. The van der Waals surface area contributed by atoms with Gasteiger partial charge in [0.25, 0.3) is 0 Å². The summed E-state index contributed by atoms with van der Waals surface area (Å²) in [6.45, 7) is 8.07. The summed E-state index contributed by atoms with van der Waals surface area (Å²) in [6.07, 6.45) is 6.52. The molecule has 0 aromatic rings. The molecular weight excluding hydrogens is 172 g/mol. The maximum absolute atomic E-state index is 3.70. The minimum atomic E-state index is 0.662. The summed E-state index contributed by atoms with van der Waals surface area (Å²) < 4.78 is 0. The molecule has 1 fully saturated rings. The molecule has 84 valence electrons. The third kappa shape index (κ3) is 3.97. The minimum Gasteiger partial charge on any atom is -0.314 e. The minimum absolute atomic E-state index is 0.662. The van der Waals surface area contributed by atoms with Gasteiger partial charge in [-0.3, -0.25) is 0 Å². The number of nitrogens with one attached hydrogen (secondary N) is 2. The van der Waals surface area contributed by atoms with Crippen LogP contribution in [0.2, 0.25) is 0 Å². The molecule has 0 radical (unpaired) electrons. The second kappa shape index (κ2) is 6.41. The van der Waals surface area contributed by atoms with Crippen molar-refractivity contribution in [2.75, 3.05) is 6.54 Å². The van der Waals surface area contributed by atoms with Gasteiger partial charge in [-0.2, -0.15) is 0 Å². The van der Waals surface area contributed by atoms with Crippen LogP contribution >= 0.6 is 0 Å². The van der Waals surface area contributed by atoms with Gasteiger partial charge in [-0.25, -0.2) is 0 Å². The molecular formula is C12H26N2. The standard InChI is InChI=1S/C12H26N2/c1-4-11(5-2)14-10(3)9-12-7-6-8-13-12/h10-14H,4-9H2,1-3H3. The summed E-state index contributed by atoms with van der Waals surface area (Å²) in [7, 11) is 0. The summed E-state index contributed by atoms with van der Waals surface area (Å²) >= 11 is 0. The van der Waals surface area contributed by atoms with Crippen LogP contribution in [0.5, 0.6) is 0 Å². The Hall–Kier alpha value is -0.0800. The summed E-state index contributed by atoms with van der Waals surface area (Å²) in [5.74, 6) is 0. The van der Waals surface area contributed by atoms with Crippen LogP contribution in [0.25, 0.3) is 0 Å². The van der Waals surface area contributed by atoms with Gasteiger partial charge in [-0.15, -0.1) is 0 Å². The number of hydrogen-bond acceptors (Lipinski definition) is 2. The molecule has 2 unspecified atom stereocenters. The van der Waals surface area contributed by atoms with Crippen molar-refractivity contribution in [1.82, 2.24) is 10.6 Å². The van der Waals surface area contributed by atoms with Crippen LogP contribution in [-0.2, 0) is 0 Å². The zero-order valence-electron chi connectivity index (χ0n) is 9.97.